The summed E-state index contributed by atoms with van der Waals surface area (Å²) in [5, 5.41) is 0. The zero-order chi connectivity index (χ0) is 15.3. The minimum absolute atomic E-state index is 0.113. The van der Waals surface area contributed by atoms with Crippen molar-refractivity contribution in [2.24, 2.45) is 0 Å². The molecule has 0 N–H and O–H groups in total. The van der Waals surface area contributed by atoms with Gasteiger partial charge in [0.2, 0.25) is 0 Å². The van der Waals surface area contributed by atoms with E-state index < -0.39 is 0 Å². The van der Waals surface area contributed by atoms with Crippen molar-refractivity contribution in [1.29, 1.82) is 0 Å². The van der Waals surface area contributed by atoms with E-state index in [2.05, 4.69) is 0 Å². The summed E-state index contributed by atoms with van der Waals surface area (Å²) >= 11 is 0. The molecule has 2 aliphatic heterocycles. The minimum atomic E-state index is -0.372. The number of likely N-dealkylation sites (tertiary alicyclic amines) is 1. The van der Waals surface area contributed by atoms with Crippen LogP contribution in [0.25, 0.3) is 0 Å². The third-order valence-corrected chi connectivity index (χ3v) is 4.83. The molecule has 0 saturated carbocycles. The van der Waals surface area contributed by atoms with Gasteiger partial charge < -0.3 is 14.2 Å². The van der Waals surface area contributed by atoms with Crippen molar-refractivity contribution in [3.63, 3.8) is 0 Å². The first-order valence-corrected chi connectivity index (χ1v) is 7.55. The van der Waals surface area contributed by atoms with Crippen LogP contribution in [0, 0.1) is 0 Å². The highest BCUT2D eigenvalue weighted by Crippen LogP contribution is 2.36. The van der Waals surface area contributed by atoms with Gasteiger partial charge in [0.25, 0.3) is 5.91 Å². The molecule has 5 heteroatoms. The van der Waals surface area contributed by atoms with Crippen LogP contribution in [0.1, 0.15) is 44.5 Å². The van der Waals surface area contributed by atoms with Crippen LogP contribution < -0.4 is 5.46 Å². The summed E-state index contributed by atoms with van der Waals surface area (Å²) in [6.07, 6.45) is 1.11. The summed E-state index contributed by atoms with van der Waals surface area (Å²) in [6, 6.07) is 7.58. The van der Waals surface area contributed by atoms with Gasteiger partial charge in [0.1, 0.15) is 0 Å². The van der Waals surface area contributed by atoms with Gasteiger partial charge in [-0.3, -0.25) is 4.79 Å². The first kappa shape index (κ1) is 14.6. The number of hydrogen-bond donors (Lipinski definition) is 0. The Labute approximate surface area is 126 Å². The van der Waals surface area contributed by atoms with E-state index >= 15 is 0 Å². The van der Waals surface area contributed by atoms with Gasteiger partial charge in [-0.1, -0.05) is 12.1 Å². The van der Waals surface area contributed by atoms with Crippen molar-refractivity contribution in [3.8, 4) is 0 Å². The Morgan fingerprint density at radius 1 is 1.05 bits per heavy atom. The highest BCUT2D eigenvalue weighted by molar-refractivity contribution is 6.62. The maximum Gasteiger partial charge on any atom is 0.494 e. The molecule has 3 rings (SSSR count). The fourth-order valence-electron chi connectivity index (χ4n) is 2.46. The topological polar surface area (TPSA) is 38.8 Å². The van der Waals surface area contributed by atoms with Crippen molar-refractivity contribution in [2.45, 2.75) is 45.3 Å². The van der Waals surface area contributed by atoms with E-state index in [4.69, 9.17) is 9.31 Å². The molecule has 2 saturated heterocycles. The Balaban J connectivity index is 1.75. The van der Waals surface area contributed by atoms with Crippen LogP contribution in [0.3, 0.4) is 0 Å². The number of amides is 1. The number of benzene rings is 1. The van der Waals surface area contributed by atoms with Gasteiger partial charge in [-0.2, -0.15) is 0 Å². The number of nitrogens with zero attached hydrogens (tertiary/aromatic N) is 1. The van der Waals surface area contributed by atoms with E-state index in [1.54, 1.807) is 0 Å². The van der Waals surface area contributed by atoms with E-state index in [0.29, 0.717) is 0 Å². The molecular formula is C16H22BNO3. The van der Waals surface area contributed by atoms with E-state index in [0.717, 1.165) is 30.5 Å². The lowest BCUT2D eigenvalue weighted by Gasteiger charge is -2.32. The predicted octanol–water partition coefficient (Wildman–Crippen LogP) is 1.83. The Kier molecular flexibility index (Phi) is 3.37. The van der Waals surface area contributed by atoms with E-state index in [-0.39, 0.29) is 24.2 Å². The summed E-state index contributed by atoms with van der Waals surface area (Å²) in [6.45, 7) is 9.89. The molecule has 2 aliphatic rings. The Morgan fingerprint density at radius 2 is 1.57 bits per heavy atom. The normalized spacial score (nSPS) is 23.0. The largest absolute Gasteiger partial charge is 0.494 e. The lowest BCUT2D eigenvalue weighted by atomic mass is 9.79. The van der Waals surface area contributed by atoms with Gasteiger partial charge in [-0.15, -0.1) is 0 Å². The molecule has 0 aliphatic carbocycles. The molecule has 1 aromatic carbocycles. The molecule has 2 heterocycles. The standard InChI is InChI=1S/C16H22BNO3/c1-15(2)16(3,4)21-17(20-15)13-8-6-12(7-9-13)14(19)18-10-5-11-18/h6-9H,5,10-11H2,1-4H3. The molecular weight excluding hydrogens is 265 g/mol. The highest BCUT2D eigenvalue weighted by Gasteiger charge is 2.51. The van der Waals surface area contributed by atoms with E-state index in [1.807, 2.05) is 56.9 Å². The van der Waals surface area contributed by atoms with Crippen molar-refractivity contribution in [1.82, 2.24) is 4.90 Å². The zero-order valence-electron chi connectivity index (χ0n) is 13.2. The van der Waals surface area contributed by atoms with E-state index in [1.165, 1.54) is 0 Å². The molecule has 21 heavy (non-hydrogen) atoms. The predicted molar refractivity (Wildman–Crippen MR) is 82.7 cm³/mol. The van der Waals surface area contributed by atoms with Gasteiger partial charge in [-0.05, 0) is 51.7 Å². The van der Waals surface area contributed by atoms with Crippen molar-refractivity contribution < 1.29 is 14.1 Å². The molecule has 2 fully saturated rings. The van der Waals surface area contributed by atoms with Crippen molar-refractivity contribution >= 4 is 18.5 Å². The smallest absolute Gasteiger partial charge is 0.399 e. The lowest BCUT2D eigenvalue weighted by molar-refractivity contribution is 0.00578. The minimum Gasteiger partial charge on any atom is -0.399 e. The maximum absolute atomic E-state index is 12.1. The Bertz CT molecular complexity index is 533. The lowest BCUT2D eigenvalue weighted by Crippen LogP contribution is -2.42. The second-order valence-electron chi connectivity index (χ2n) is 6.86. The molecule has 0 spiro atoms. The molecule has 112 valence electrons. The zero-order valence-corrected chi connectivity index (χ0v) is 13.2. The number of carbonyl (C=O) groups excluding carboxylic acids is 1. The molecule has 0 atom stereocenters. The SMILES string of the molecule is CC1(C)OB(c2ccc(C(=O)N3CCC3)cc2)OC1(C)C. The fourth-order valence-corrected chi connectivity index (χ4v) is 2.46. The fraction of sp³-hybridized carbons (Fsp3) is 0.562. The van der Waals surface area contributed by atoms with Crippen LogP contribution >= 0.6 is 0 Å². The number of carbonyl (C=O) groups is 1. The first-order chi connectivity index (χ1) is 9.80. The second kappa shape index (κ2) is 4.85. The van der Waals surface area contributed by atoms with Gasteiger partial charge in [0.05, 0.1) is 11.2 Å². The van der Waals surface area contributed by atoms with Gasteiger partial charge in [0.15, 0.2) is 0 Å². The van der Waals surface area contributed by atoms with Crippen molar-refractivity contribution in [3.05, 3.63) is 29.8 Å². The summed E-state index contributed by atoms with van der Waals surface area (Å²) in [5.74, 6) is 0.113. The Morgan fingerprint density at radius 3 is 2.00 bits per heavy atom. The van der Waals surface area contributed by atoms with Gasteiger partial charge >= 0.3 is 7.12 Å². The molecule has 0 bridgehead atoms. The van der Waals surface area contributed by atoms with Gasteiger partial charge in [0, 0.05) is 18.7 Å². The average Bonchev–Trinajstić information content (AvgIpc) is 2.56. The molecule has 4 nitrogen and oxygen atoms in total. The van der Waals surface area contributed by atoms with Crippen LogP contribution in [0.4, 0.5) is 0 Å². The highest BCUT2D eigenvalue weighted by atomic mass is 16.7. The average molecular weight is 287 g/mol. The monoisotopic (exact) mass is 287 g/mol. The third kappa shape index (κ3) is 2.49. The summed E-state index contributed by atoms with van der Waals surface area (Å²) in [7, 11) is -0.372. The molecule has 1 amide bonds. The Hall–Kier alpha value is -1.33. The van der Waals surface area contributed by atoms with Crippen LogP contribution in [0.2, 0.25) is 0 Å². The van der Waals surface area contributed by atoms with Crippen LogP contribution in [0.15, 0.2) is 24.3 Å². The van der Waals surface area contributed by atoms with Crippen molar-refractivity contribution in [2.75, 3.05) is 13.1 Å². The molecule has 0 aromatic heterocycles. The maximum atomic E-state index is 12.1. The molecule has 1 aromatic rings. The first-order valence-electron chi connectivity index (χ1n) is 7.55. The van der Waals surface area contributed by atoms with E-state index in [9.17, 15) is 4.79 Å². The number of rotatable bonds is 2. The molecule has 0 radical (unpaired) electrons. The van der Waals surface area contributed by atoms with Gasteiger partial charge in [-0.25, -0.2) is 0 Å². The van der Waals surface area contributed by atoms with Crippen LogP contribution in [0.5, 0.6) is 0 Å². The second-order valence-corrected chi connectivity index (χ2v) is 6.86. The molecule has 0 unspecified atom stereocenters. The third-order valence-electron chi connectivity index (χ3n) is 4.83. The summed E-state index contributed by atoms with van der Waals surface area (Å²) in [4.78, 5) is 14.0. The number of hydrogen-bond acceptors (Lipinski definition) is 3. The van der Waals surface area contributed by atoms with Crippen LogP contribution in [-0.4, -0.2) is 42.2 Å². The summed E-state index contributed by atoms with van der Waals surface area (Å²) < 4.78 is 12.0. The quantitative estimate of drug-likeness (QED) is 0.779. The summed E-state index contributed by atoms with van der Waals surface area (Å²) in [5.41, 5.74) is 0.997. The van der Waals surface area contributed by atoms with Crippen LogP contribution in [-0.2, 0) is 9.31 Å².